The van der Waals surface area contributed by atoms with Gasteiger partial charge in [-0.25, -0.2) is 0 Å². The lowest BCUT2D eigenvalue weighted by Gasteiger charge is -2.22. The Kier molecular flexibility index (Phi) is 4.19. The fraction of sp³-hybridized carbons (Fsp3) is 0.538. The van der Waals surface area contributed by atoms with Gasteiger partial charge in [-0.3, -0.25) is 0 Å². The molecule has 1 unspecified atom stereocenters. The molecule has 0 aromatic heterocycles. The van der Waals surface area contributed by atoms with Crippen molar-refractivity contribution in [1.82, 2.24) is 5.32 Å². The summed E-state index contributed by atoms with van der Waals surface area (Å²) in [5.74, 6) is 1.23. The predicted octanol–water partition coefficient (Wildman–Crippen LogP) is 3.06. The van der Waals surface area contributed by atoms with Crippen LogP contribution in [0.4, 0.5) is 13.2 Å². The van der Waals surface area contributed by atoms with Gasteiger partial charge in [0.05, 0.1) is 0 Å². The highest BCUT2D eigenvalue weighted by Crippen LogP contribution is 2.34. The van der Waals surface area contributed by atoms with Crippen molar-refractivity contribution < 1.29 is 22.6 Å². The van der Waals surface area contributed by atoms with E-state index in [0.29, 0.717) is 24.7 Å². The fourth-order valence-corrected chi connectivity index (χ4v) is 2.06. The van der Waals surface area contributed by atoms with Crippen LogP contribution in [0.5, 0.6) is 11.5 Å². The first-order chi connectivity index (χ1) is 8.99. The number of hydrogen-bond donors (Lipinski definition) is 1. The Morgan fingerprint density at radius 2 is 1.89 bits per heavy atom. The molecule has 0 bridgehead atoms. The Bertz CT molecular complexity index is 434. The van der Waals surface area contributed by atoms with Crippen LogP contribution in [0.15, 0.2) is 18.2 Å². The third-order valence-corrected chi connectivity index (χ3v) is 3.03. The molecular weight excluding hydrogens is 259 g/mol. The molecule has 0 amide bonds. The molecule has 1 aromatic carbocycles. The highest BCUT2D eigenvalue weighted by molar-refractivity contribution is 5.44. The lowest BCUT2D eigenvalue weighted by atomic mass is 10.0. The number of fused-ring (bicyclic) bond motifs is 1. The summed E-state index contributed by atoms with van der Waals surface area (Å²) in [7, 11) is 1.65. The molecule has 1 N–H and O–H groups in total. The number of benzene rings is 1. The molecular formula is C13H16F3NO2. The molecule has 0 spiro atoms. The van der Waals surface area contributed by atoms with E-state index < -0.39 is 12.6 Å². The van der Waals surface area contributed by atoms with Crippen molar-refractivity contribution in [3.8, 4) is 11.5 Å². The molecule has 0 fully saturated rings. The lowest BCUT2D eigenvalue weighted by Crippen LogP contribution is -2.20. The normalized spacial score (nSPS) is 16.2. The maximum atomic E-state index is 12.3. The van der Waals surface area contributed by atoms with Gasteiger partial charge < -0.3 is 14.8 Å². The number of alkyl halides is 3. The fourth-order valence-electron chi connectivity index (χ4n) is 2.06. The van der Waals surface area contributed by atoms with Crippen LogP contribution < -0.4 is 14.8 Å². The molecule has 1 aromatic rings. The number of hydrogen-bond acceptors (Lipinski definition) is 3. The number of nitrogens with one attached hydrogen (secondary N) is 1. The average Bonchev–Trinajstić information content (AvgIpc) is 2.38. The van der Waals surface area contributed by atoms with Gasteiger partial charge in [0, 0.05) is 12.5 Å². The second kappa shape index (κ2) is 5.69. The molecule has 1 atom stereocenters. The molecule has 0 radical (unpaired) electrons. The molecule has 2 rings (SSSR count). The predicted molar refractivity (Wildman–Crippen MR) is 64.5 cm³/mol. The highest BCUT2D eigenvalue weighted by Gasteiger charge is 2.28. The molecule has 1 aliphatic rings. The summed E-state index contributed by atoms with van der Waals surface area (Å²) < 4.78 is 47.6. The van der Waals surface area contributed by atoms with Gasteiger partial charge in [0.15, 0.2) is 11.5 Å². The molecule has 3 nitrogen and oxygen atoms in total. The van der Waals surface area contributed by atoms with Gasteiger partial charge in [-0.05, 0) is 31.2 Å². The maximum Gasteiger partial charge on any atom is 0.389 e. The van der Waals surface area contributed by atoms with Crippen molar-refractivity contribution in [2.75, 3.05) is 20.3 Å². The van der Waals surface area contributed by atoms with Crippen molar-refractivity contribution in [3.63, 3.8) is 0 Å². The van der Waals surface area contributed by atoms with E-state index in [1.54, 1.807) is 25.2 Å². The van der Waals surface area contributed by atoms with Crippen LogP contribution in [0.2, 0.25) is 0 Å². The topological polar surface area (TPSA) is 30.5 Å². The number of rotatable bonds is 4. The minimum absolute atomic E-state index is 0.000353. The summed E-state index contributed by atoms with van der Waals surface area (Å²) in [6, 6.07) is 4.90. The van der Waals surface area contributed by atoms with Gasteiger partial charge in [0.1, 0.15) is 13.2 Å². The first-order valence-corrected chi connectivity index (χ1v) is 6.13. The Morgan fingerprint density at radius 1 is 1.21 bits per heavy atom. The van der Waals surface area contributed by atoms with Crippen molar-refractivity contribution in [3.05, 3.63) is 23.8 Å². The molecule has 0 aliphatic carbocycles. The second-order valence-corrected chi connectivity index (χ2v) is 4.40. The Balaban J connectivity index is 2.10. The molecule has 19 heavy (non-hydrogen) atoms. The molecule has 0 saturated carbocycles. The lowest BCUT2D eigenvalue weighted by molar-refractivity contribution is -0.136. The van der Waals surface area contributed by atoms with Crippen molar-refractivity contribution in [2.24, 2.45) is 0 Å². The molecule has 1 aliphatic heterocycles. The summed E-state index contributed by atoms with van der Waals surface area (Å²) >= 11 is 0. The summed E-state index contributed by atoms with van der Waals surface area (Å²) in [5.41, 5.74) is 0.774. The van der Waals surface area contributed by atoms with E-state index in [2.05, 4.69) is 5.32 Å². The van der Waals surface area contributed by atoms with Gasteiger partial charge in [0.25, 0.3) is 0 Å². The van der Waals surface area contributed by atoms with Crippen molar-refractivity contribution in [2.45, 2.75) is 25.1 Å². The standard InChI is InChI=1S/C13H16F3NO2/c1-17-10(4-5-13(14,15)16)9-2-3-11-12(8-9)19-7-6-18-11/h2-3,8,10,17H,4-7H2,1H3. The molecule has 1 heterocycles. The van der Waals surface area contributed by atoms with Crippen LogP contribution in [0.25, 0.3) is 0 Å². The quantitative estimate of drug-likeness (QED) is 0.916. The monoisotopic (exact) mass is 275 g/mol. The van der Waals surface area contributed by atoms with E-state index in [9.17, 15) is 13.2 Å². The third kappa shape index (κ3) is 3.76. The Labute approximate surface area is 109 Å². The number of halogens is 3. The van der Waals surface area contributed by atoms with E-state index in [4.69, 9.17) is 9.47 Å². The minimum Gasteiger partial charge on any atom is -0.486 e. The molecule has 6 heteroatoms. The smallest absolute Gasteiger partial charge is 0.389 e. The van der Waals surface area contributed by atoms with Crippen molar-refractivity contribution >= 4 is 0 Å². The second-order valence-electron chi connectivity index (χ2n) is 4.40. The van der Waals surface area contributed by atoms with Crippen LogP contribution in [0.3, 0.4) is 0 Å². The van der Waals surface area contributed by atoms with E-state index in [0.717, 1.165) is 5.56 Å². The van der Waals surface area contributed by atoms with E-state index in [1.165, 1.54) is 0 Å². The highest BCUT2D eigenvalue weighted by atomic mass is 19.4. The van der Waals surface area contributed by atoms with Gasteiger partial charge >= 0.3 is 6.18 Å². The SMILES string of the molecule is CNC(CCC(F)(F)F)c1ccc2c(c1)OCCO2. The van der Waals surface area contributed by atoms with Gasteiger partial charge in [-0.2, -0.15) is 13.2 Å². The zero-order chi connectivity index (χ0) is 13.9. The van der Waals surface area contributed by atoms with Gasteiger partial charge in [0.2, 0.25) is 0 Å². The summed E-state index contributed by atoms with van der Waals surface area (Å²) in [5, 5.41) is 2.90. The Morgan fingerprint density at radius 3 is 2.53 bits per heavy atom. The van der Waals surface area contributed by atoms with Crippen LogP contribution in [0, 0.1) is 0 Å². The van der Waals surface area contributed by atoms with Crippen molar-refractivity contribution in [1.29, 1.82) is 0 Å². The van der Waals surface area contributed by atoms with Crippen LogP contribution in [0.1, 0.15) is 24.4 Å². The van der Waals surface area contributed by atoms with Crippen LogP contribution in [-0.4, -0.2) is 26.4 Å². The summed E-state index contributed by atoms with van der Waals surface area (Å²) in [6.45, 7) is 0.957. The first-order valence-electron chi connectivity index (χ1n) is 6.13. The third-order valence-electron chi connectivity index (χ3n) is 3.03. The zero-order valence-corrected chi connectivity index (χ0v) is 10.6. The van der Waals surface area contributed by atoms with Gasteiger partial charge in [-0.1, -0.05) is 6.07 Å². The van der Waals surface area contributed by atoms with E-state index >= 15 is 0 Å². The average molecular weight is 275 g/mol. The van der Waals surface area contributed by atoms with E-state index in [1.807, 2.05) is 0 Å². The molecule has 0 saturated heterocycles. The largest absolute Gasteiger partial charge is 0.486 e. The molecule has 106 valence electrons. The van der Waals surface area contributed by atoms with Crippen LogP contribution in [-0.2, 0) is 0 Å². The maximum absolute atomic E-state index is 12.3. The van der Waals surface area contributed by atoms with Gasteiger partial charge in [-0.15, -0.1) is 0 Å². The van der Waals surface area contributed by atoms with E-state index in [-0.39, 0.29) is 12.5 Å². The Hall–Kier alpha value is -1.43. The zero-order valence-electron chi connectivity index (χ0n) is 10.6. The summed E-state index contributed by atoms with van der Waals surface area (Å²) in [6.07, 6.45) is -4.95. The first kappa shape index (κ1) is 14.0. The summed E-state index contributed by atoms with van der Waals surface area (Å²) in [4.78, 5) is 0. The van der Waals surface area contributed by atoms with Crippen LogP contribution >= 0.6 is 0 Å². The number of ether oxygens (including phenoxy) is 2. The minimum atomic E-state index is -4.14.